The van der Waals surface area contributed by atoms with E-state index in [1.165, 1.54) is 6.92 Å². The molecule has 0 aromatic carbocycles. The highest BCUT2D eigenvalue weighted by Gasteiger charge is 2.22. The quantitative estimate of drug-likeness (QED) is 0.674. The summed E-state index contributed by atoms with van der Waals surface area (Å²) in [5.41, 5.74) is 4.99. The Hall–Kier alpha value is -0.450. The van der Waals surface area contributed by atoms with Gasteiger partial charge in [-0.3, -0.25) is 4.79 Å². The van der Waals surface area contributed by atoms with Gasteiger partial charge in [-0.2, -0.15) is 0 Å². The van der Waals surface area contributed by atoms with E-state index in [1.54, 1.807) is 0 Å². The molecule has 0 radical (unpaired) electrons. The van der Waals surface area contributed by atoms with Crippen LogP contribution in [-0.4, -0.2) is 36.7 Å². The summed E-state index contributed by atoms with van der Waals surface area (Å²) in [5, 5.41) is 0. The van der Waals surface area contributed by atoms with Crippen molar-refractivity contribution in [2.45, 2.75) is 58.7 Å². The lowest BCUT2D eigenvalue weighted by Crippen LogP contribution is -2.33. The number of nitrogens with two attached hydrogens (primary N) is 1. The van der Waals surface area contributed by atoms with E-state index in [-0.39, 0.29) is 23.6 Å². The van der Waals surface area contributed by atoms with Gasteiger partial charge in [-0.25, -0.2) is 0 Å². The molecule has 0 saturated carbocycles. The maximum atomic E-state index is 10.8. The summed E-state index contributed by atoms with van der Waals surface area (Å²) < 4.78 is 11.3. The van der Waals surface area contributed by atoms with Crippen LogP contribution in [0.1, 0.15) is 47.5 Å². The minimum absolute atomic E-state index is 0.0439. The van der Waals surface area contributed by atoms with Gasteiger partial charge in [-0.1, -0.05) is 0 Å². The standard InChI is InChI=1S/C13H27NO3/c1-11(15)10-17-13(4,5)7-9-16-12(2,3)6-8-14/h6-10,14H2,1-5H3. The SMILES string of the molecule is CC(=O)COC(C)(C)CCOC(C)(C)CCN. The highest BCUT2D eigenvalue weighted by Crippen LogP contribution is 2.18. The van der Waals surface area contributed by atoms with Crippen molar-refractivity contribution in [1.29, 1.82) is 0 Å². The molecular formula is C13H27NO3. The molecule has 102 valence electrons. The van der Waals surface area contributed by atoms with Crippen molar-refractivity contribution in [1.82, 2.24) is 0 Å². The second-order valence-corrected chi connectivity index (χ2v) is 5.65. The van der Waals surface area contributed by atoms with Crippen LogP contribution in [0.5, 0.6) is 0 Å². The van der Waals surface area contributed by atoms with Crippen LogP contribution in [0.4, 0.5) is 0 Å². The fraction of sp³-hybridized carbons (Fsp3) is 0.923. The Morgan fingerprint density at radius 2 is 1.59 bits per heavy atom. The molecule has 4 heteroatoms. The molecule has 0 heterocycles. The molecule has 0 fully saturated rings. The number of hydrogen-bond donors (Lipinski definition) is 1. The first-order valence-electron chi connectivity index (χ1n) is 6.16. The fourth-order valence-corrected chi connectivity index (χ4v) is 1.36. The van der Waals surface area contributed by atoms with Crippen molar-refractivity contribution in [3.63, 3.8) is 0 Å². The summed E-state index contributed by atoms with van der Waals surface area (Å²) in [6, 6.07) is 0. The molecule has 0 aromatic rings. The lowest BCUT2D eigenvalue weighted by atomic mass is 10.0. The summed E-state index contributed by atoms with van der Waals surface area (Å²) in [6.45, 7) is 10.9. The van der Waals surface area contributed by atoms with Gasteiger partial charge in [0.15, 0.2) is 5.78 Å². The van der Waals surface area contributed by atoms with Crippen molar-refractivity contribution in [2.24, 2.45) is 5.73 Å². The summed E-state index contributed by atoms with van der Waals surface area (Å²) in [6.07, 6.45) is 1.59. The number of Topliss-reactive ketones (excluding diaryl/α,β-unsaturated/α-hetero) is 1. The highest BCUT2D eigenvalue weighted by atomic mass is 16.5. The van der Waals surface area contributed by atoms with E-state index in [0.717, 1.165) is 12.8 Å². The van der Waals surface area contributed by atoms with Gasteiger partial charge in [0.1, 0.15) is 6.61 Å². The topological polar surface area (TPSA) is 61.5 Å². The van der Waals surface area contributed by atoms with Crippen LogP contribution >= 0.6 is 0 Å². The van der Waals surface area contributed by atoms with Gasteiger partial charge in [0.2, 0.25) is 0 Å². The zero-order valence-corrected chi connectivity index (χ0v) is 11.8. The Bertz CT molecular complexity index is 237. The van der Waals surface area contributed by atoms with Crippen LogP contribution in [0.2, 0.25) is 0 Å². The molecule has 0 bridgehead atoms. The van der Waals surface area contributed by atoms with Gasteiger partial charge in [0.25, 0.3) is 0 Å². The molecular weight excluding hydrogens is 218 g/mol. The van der Waals surface area contributed by atoms with Crippen LogP contribution in [0, 0.1) is 0 Å². The van der Waals surface area contributed by atoms with Crippen molar-refractivity contribution in [3.8, 4) is 0 Å². The molecule has 0 aromatic heterocycles. The molecule has 0 saturated heterocycles. The van der Waals surface area contributed by atoms with Crippen LogP contribution < -0.4 is 5.73 Å². The van der Waals surface area contributed by atoms with Gasteiger partial charge < -0.3 is 15.2 Å². The van der Waals surface area contributed by atoms with Gasteiger partial charge in [0.05, 0.1) is 17.8 Å². The van der Waals surface area contributed by atoms with Crippen LogP contribution in [0.15, 0.2) is 0 Å². The van der Waals surface area contributed by atoms with Gasteiger partial charge in [-0.15, -0.1) is 0 Å². The number of carbonyl (C=O) groups excluding carboxylic acids is 1. The van der Waals surface area contributed by atoms with Crippen molar-refractivity contribution in [2.75, 3.05) is 19.8 Å². The Morgan fingerprint density at radius 1 is 1.06 bits per heavy atom. The maximum absolute atomic E-state index is 10.8. The average molecular weight is 245 g/mol. The van der Waals surface area contributed by atoms with E-state index in [2.05, 4.69) is 0 Å². The van der Waals surface area contributed by atoms with Crippen LogP contribution in [-0.2, 0) is 14.3 Å². The molecule has 0 aliphatic heterocycles. The summed E-state index contributed by atoms with van der Waals surface area (Å²) in [4.78, 5) is 10.8. The normalized spacial score (nSPS) is 12.8. The van der Waals surface area contributed by atoms with Crippen molar-refractivity contribution < 1.29 is 14.3 Å². The van der Waals surface area contributed by atoms with E-state index >= 15 is 0 Å². The molecule has 0 amide bonds. The van der Waals surface area contributed by atoms with E-state index in [9.17, 15) is 4.79 Å². The van der Waals surface area contributed by atoms with Crippen molar-refractivity contribution in [3.05, 3.63) is 0 Å². The second-order valence-electron chi connectivity index (χ2n) is 5.65. The third kappa shape index (κ3) is 9.27. The number of hydrogen-bond acceptors (Lipinski definition) is 4. The third-order valence-corrected chi connectivity index (χ3v) is 2.61. The summed E-state index contributed by atoms with van der Waals surface area (Å²) in [7, 11) is 0. The average Bonchev–Trinajstić information content (AvgIpc) is 2.14. The first-order valence-corrected chi connectivity index (χ1v) is 6.16. The number of ketones is 1. The number of rotatable bonds is 9. The lowest BCUT2D eigenvalue weighted by molar-refractivity contribution is -0.129. The molecule has 0 aliphatic carbocycles. The third-order valence-electron chi connectivity index (χ3n) is 2.61. The zero-order chi connectivity index (χ0) is 13.5. The molecule has 0 spiro atoms. The minimum atomic E-state index is -0.329. The second kappa shape index (κ2) is 7.09. The molecule has 0 unspecified atom stereocenters. The Balaban J connectivity index is 3.89. The predicted octanol–water partition coefficient (Wildman–Crippen LogP) is 1.90. The summed E-state index contributed by atoms with van der Waals surface area (Å²) >= 11 is 0. The first kappa shape index (κ1) is 16.6. The molecule has 2 N–H and O–H groups in total. The fourth-order valence-electron chi connectivity index (χ4n) is 1.36. The molecule has 0 rings (SSSR count). The first-order chi connectivity index (χ1) is 7.68. The minimum Gasteiger partial charge on any atom is -0.375 e. The van der Waals surface area contributed by atoms with E-state index in [1.807, 2.05) is 27.7 Å². The molecule has 0 aliphatic rings. The van der Waals surface area contributed by atoms with E-state index in [4.69, 9.17) is 15.2 Å². The number of carbonyl (C=O) groups is 1. The van der Waals surface area contributed by atoms with Crippen LogP contribution in [0.25, 0.3) is 0 Å². The lowest BCUT2D eigenvalue weighted by Gasteiger charge is -2.29. The Kier molecular flexibility index (Phi) is 6.90. The van der Waals surface area contributed by atoms with Gasteiger partial charge in [0, 0.05) is 0 Å². The monoisotopic (exact) mass is 245 g/mol. The predicted molar refractivity (Wildman–Crippen MR) is 69.0 cm³/mol. The Labute approximate surface area is 105 Å². The van der Waals surface area contributed by atoms with E-state index < -0.39 is 0 Å². The summed E-state index contributed by atoms with van der Waals surface area (Å²) in [5.74, 6) is 0.0439. The van der Waals surface area contributed by atoms with Gasteiger partial charge >= 0.3 is 0 Å². The Morgan fingerprint density at radius 3 is 2.06 bits per heavy atom. The van der Waals surface area contributed by atoms with Crippen molar-refractivity contribution >= 4 is 5.78 Å². The highest BCUT2D eigenvalue weighted by molar-refractivity contribution is 5.76. The number of ether oxygens (including phenoxy) is 2. The molecule has 4 nitrogen and oxygen atoms in total. The molecule has 17 heavy (non-hydrogen) atoms. The molecule has 0 atom stereocenters. The maximum Gasteiger partial charge on any atom is 0.155 e. The van der Waals surface area contributed by atoms with Crippen LogP contribution in [0.3, 0.4) is 0 Å². The smallest absolute Gasteiger partial charge is 0.155 e. The largest absolute Gasteiger partial charge is 0.375 e. The van der Waals surface area contributed by atoms with Gasteiger partial charge in [-0.05, 0) is 54.0 Å². The van der Waals surface area contributed by atoms with E-state index in [0.29, 0.717) is 13.2 Å². The zero-order valence-electron chi connectivity index (χ0n) is 11.8.